The van der Waals surface area contributed by atoms with E-state index in [1.807, 2.05) is 0 Å². The van der Waals surface area contributed by atoms with Gasteiger partial charge in [-0.25, -0.2) is 0 Å². The van der Waals surface area contributed by atoms with E-state index in [0.717, 1.165) is 64.2 Å². The molecule has 0 aliphatic carbocycles. The Kier molecular flexibility index (Phi) is 9.48. The third kappa shape index (κ3) is 7.31. The molecule has 4 N–H and O–H groups in total. The molecule has 0 aromatic rings. The maximum absolute atomic E-state index is 3.55. The van der Waals surface area contributed by atoms with Crippen LogP contribution in [0.3, 0.4) is 0 Å². The van der Waals surface area contributed by atoms with Crippen molar-refractivity contribution in [2.24, 2.45) is 11.8 Å². The molecule has 0 atom stereocenters. The SMILES string of the molecule is CCC1CNCCNCC(CC)CNCCNC1. The maximum Gasteiger partial charge on any atom is 0.00768 e. The zero-order chi connectivity index (χ0) is 13.1. The summed E-state index contributed by atoms with van der Waals surface area (Å²) in [5, 5.41) is 14.2. The molecule has 4 heteroatoms. The zero-order valence-corrected chi connectivity index (χ0v) is 12.2. The van der Waals surface area contributed by atoms with Crippen LogP contribution in [0.1, 0.15) is 26.7 Å². The average molecular weight is 256 g/mol. The Morgan fingerprint density at radius 2 is 0.889 bits per heavy atom. The third-order valence-corrected chi connectivity index (χ3v) is 3.84. The molecule has 0 bridgehead atoms. The van der Waals surface area contributed by atoms with Crippen molar-refractivity contribution in [1.82, 2.24) is 21.3 Å². The average Bonchev–Trinajstić information content (AvgIpc) is 2.41. The fourth-order valence-electron chi connectivity index (χ4n) is 2.30. The number of hydrogen-bond donors (Lipinski definition) is 4. The minimum atomic E-state index is 0.760. The van der Waals surface area contributed by atoms with Crippen molar-refractivity contribution >= 4 is 0 Å². The van der Waals surface area contributed by atoms with Gasteiger partial charge in [0.15, 0.2) is 0 Å². The van der Waals surface area contributed by atoms with Crippen LogP contribution >= 0.6 is 0 Å². The second-order valence-corrected chi connectivity index (χ2v) is 5.37. The molecule has 1 aliphatic rings. The van der Waals surface area contributed by atoms with E-state index in [0.29, 0.717) is 0 Å². The topological polar surface area (TPSA) is 48.1 Å². The van der Waals surface area contributed by atoms with Gasteiger partial charge in [-0.05, 0) is 38.0 Å². The molecule has 0 saturated carbocycles. The van der Waals surface area contributed by atoms with Crippen molar-refractivity contribution in [3.63, 3.8) is 0 Å². The highest BCUT2D eigenvalue weighted by Crippen LogP contribution is 2.00. The van der Waals surface area contributed by atoms with E-state index in [1.54, 1.807) is 0 Å². The molecule has 1 rings (SSSR count). The van der Waals surface area contributed by atoms with Crippen molar-refractivity contribution in [1.29, 1.82) is 0 Å². The lowest BCUT2D eigenvalue weighted by atomic mass is 10.1. The molecule has 0 aromatic carbocycles. The smallest absolute Gasteiger partial charge is 0.00768 e. The molecule has 0 aromatic heterocycles. The number of hydrogen-bond acceptors (Lipinski definition) is 4. The molecule has 1 fully saturated rings. The molecular formula is C14H32N4. The van der Waals surface area contributed by atoms with E-state index in [4.69, 9.17) is 0 Å². The van der Waals surface area contributed by atoms with E-state index in [1.165, 1.54) is 12.8 Å². The molecule has 0 amide bonds. The van der Waals surface area contributed by atoms with Crippen molar-refractivity contribution in [2.45, 2.75) is 26.7 Å². The van der Waals surface area contributed by atoms with E-state index in [-0.39, 0.29) is 0 Å². The molecule has 1 aliphatic heterocycles. The van der Waals surface area contributed by atoms with Gasteiger partial charge in [-0.2, -0.15) is 0 Å². The van der Waals surface area contributed by atoms with Crippen molar-refractivity contribution in [2.75, 3.05) is 52.4 Å². The van der Waals surface area contributed by atoms with Crippen LogP contribution in [0.15, 0.2) is 0 Å². The maximum atomic E-state index is 3.55. The molecule has 0 radical (unpaired) electrons. The highest BCUT2D eigenvalue weighted by Gasteiger charge is 2.07. The van der Waals surface area contributed by atoms with Crippen LogP contribution in [0, 0.1) is 11.8 Å². The first-order valence-electron chi connectivity index (χ1n) is 7.69. The number of nitrogens with one attached hydrogen (secondary N) is 4. The summed E-state index contributed by atoms with van der Waals surface area (Å²) in [5.41, 5.74) is 0. The lowest BCUT2D eigenvalue weighted by molar-refractivity contribution is 0.395. The lowest BCUT2D eigenvalue weighted by Gasteiger charge is -2.20. The van der Waals surface area contributed by atoms with Crippen LogP contribution in [0.4, 0.5) is 0 Å². The molecule has 1 heterocycles. The van der Waals surface area contributed by atoms with Gasteiger partial charge in [0.05, 0.1) is 0 Å². The minimum Gasteiger partial charge on any atom is -0.315 e. The summed E-state index contributed by atoms with van der Waals surface area (Å²) in [7, 11) is 0. The first kappa shape index (κ1) is 15.9. The summed E-state index contributed by atoms with van der Waals surface area (Å²) in [4.78, 5) is 0. The summed E-state index contributed by atoms with van der Waals surface area (Å²) in [6.45, 7) is 13.4. The summed E-state index contributed by atoms with van der Waals surface area (Å²) in [6.07, 6.45) is 2.50. The highest BCUT2D eigenvalue weighted by atomic mass is 15.0. The molecule has 0 spiro atoms. The van der Waals surface area contributed by atoms with Gasteiger partial charge in [0.25, 0.3) is 0 Å². The Hall–Kier alpha value is -0.160. The van der Waals surface area contributed by atoms with Gasteiger partial charge in [-0.3, -0.25) is 0 Å². The van der Waals surface area contributed by atoms with Gasteiger partial charge in [0, 0.05) is 26.2 Å². The first-order chi connectivity index (χ1) is 8.86. The highest BCUT2D eigenvalue weighted by molar-refractivity contribution is 4.69. The number of rotatable bonds is 2. The first-order valence-corrected chi connectivity index (χ1v) is 7.69. The van der Waals surface area contributed by atoms with Gasteiger partial charge in [-0.1, -0.05) is 26.7 Å². The second kappa shape index (κ2) is 10.7. The molecule has 4 nitrogen and oxygen atoms in total. The van der Waals surface area contributed by atoms with E-state index < -0.39 is 0 Å². The lowest BCUT2D eigenvalue weighted by Crippen LogP contribution is -2.40. The Labute approximate surface area is 113 Å². The van der Waals surface area contributed by atoms with Gasteiger partial charge in [0.1, 0.15) is 0 Å². The van der Waals surface area contributed by atoms with Crippen LogP contribution in [0.2, 0.25) is 0 Å². The fraction of sp³-hybridized carbons (Fsp3) is 1.00. The predicted molar refractivity (Wildman–Crippen MR) is 79.0 cm³/mol. The molecule has 1 saturated heterocycles. The second-order valence-electron chi connectivity index (χ2n) is 5.37. The predicted octanol–water partition coefficient (Wildman–Crippen LogP) is 0.411. The van der Waals surface area contributed by atoms with Crippen molar-refractivity contribution < 1.29 is 0 Å². The van der Waals surface area contributed by atoms with E-state index >= 15 is 0 Å². The van der Waals surface area contributed by atoms with Crippen LogP contribution in [0.25, 0.3) is 0 Å². The van der Waals surface area contributed by atoms with Gasteiger partial charge >= 0.3 is 0 Å². The Morgan fingerprint density at radius 1 is 0.611 bits per heavy atom. The van der Waals surface area contributed by atoms with Gasteiger partial charge in [0.2, 0.25) is 0 Å². The monoisotopic (exact) mass is 256 g/mol. The molecule has 108 valence electrons. The zero-order valence-electron chi connectivity index (χ0n) is 12.2. The standard InChI is InChI=1S/C14H32N4/c1-3-13-9-15-5-7-17-11-14(4-2)12-18-8-6-16-10-13/h13-18H,3-12H2,1-2H3. The fourth-order valence-corrected chi connectivity index (χ4v) is 2.30. The van der Waals surface area contributed by atoms with Crippen molar-refractivity contribution in [3.05, 3.63) is 0 Å². The summed E-state index contributed by atoms with van der Waals surface area (Å²) in [6, 6.07) is 0. The van der Waals surface area contributed by atoms with Gasteiger partial charge < -0.3 is 21.3 Å². The largest absolute Gasteiger partial charge is 0.315 e. The minimum absolute atomic E-state index is 0.760. The Morgan fingerprint density at radius 3 is 1.11 bits per heavy atom. The van der Waals surface area contributed by atoms with Crippen LogP contribution in [-0.4, -0.2) is 52.4 Å². The van der Waals surface area contributed by atoms with Crippen LogP contribution < -0.4 is 21.3 Å². The third-order valence-electron chi connectivity index (χ3n) is 3.84. The molecule has 18 heavy (non-hydrogen) atoms. The van der Waals surface area contributed by atoms with E-state index in [2.05, 4.69) is 35.1 Å². The Bertz CT molecular complexity index is 151. The summed E-state index contributed by atoms with van der Waals surface area (Å²) < 4.78 is 0. The van der Waals surface area contributed by atoms with Crippen LogP contribution in [-0.2, 0) is 0 Å². The van der Waals surface area contributed by atoms with E-state index in [9.17, 15) is 0 Å². The van der Waals surface area contributed by atoms with Gasteiger partial charge in [-0.15, -0.1) is 0 Å². The quantitative estimate of drug-likeness (QED) is 0.578. The normalized spacial score (nSPS) is 29.7. The summed E-state index contributed by atoms with van der Waals surface area (Å²) in [5.74, 6) is 1.52. The summed E-state index contributed by atoms with van der Waals surface area (Å²) >= 11 is 0. The molecular weight excluding hydrogens is 224 g/mol. The van der Waals surface area contributed by atoms with Crippen molar-refractivity contribution in [3.8, 4) is 0 Å². The van der Waals surface area contributed by atoms with Crippen LogP contribution in [0.5, 0.6) is 0 Å². The Balaban J connectivity index is 2.26. The molecule has 0 unspecified atom stereocenters.